The highest BCUT2D eigenvalue weighted by Gasteiger charge is 2.24. The molecule has 1 saturated heterocycles. The summed E-state index contributed by atoms with van der Waals surface area (Å²) < 4.78 is 0. The van der Waals surface area contributed by atoms with Gasteiger partial charge in [0.1, 0.15) is 11.4 Å². The fraction of sp³-hybridized carbons (Fsp3) is 0.304. The van der Waals surface area contributed by atoms with Crippen molar-refractivity contribution in [2.24, 2.45) is 0 Å². The van der Waals surface area contributed by atoms with E-state index in [4.69, 9.17) is 11.6 Å². The van der Waals surface area contributed by atoms with Gasteiger partial charge in [-0.1, -0.05) is 30.7 Å². The molecule has 0 aliphatic carbocycles. The molecule has 1 aliphatic rings. The molecule has 154 valence electrons. The predicted molar refractivity (Wildman–Crippen MR) is 123 cm³/mol. The second kappa shape index (κ2) is 7.78. The maximum Gasteiger partial charge on any atom is 0.261 e. The number of likely N-dealkylation sites (N-methyl/N-ethyl adjacent to an activating group) is 1. The number of likely N-dealkylation sites (tertiary alicyclic amines) is 1. The van der Waals surface area contributed by atoms with Gasteiger partial charge in [-0.2, -0.15) is 0 Å². The van der Waals surface area contributed by atoms with Crippen LogP contribution in [0.5, 0.6) is 0 Å². The number of nitrogens with one attached hydrogen (secondary N) is 3. The molecule has 2 aromatic heterocycles. The average molecular weight is 422 g/mol. The number of para-hydroxylation sites is 2. The number of pyridine rings is 1. The topological polar surface area (TPSA) is 76.8 Å². The molecule has 0 spiro atoms. The molecule has 7 heteroatoms. The van der Waals surface area contributed by atoms with Gasteiger partial charge in [0.15, 0.2) is 0 Å². The van der Waals surface area contributed by atoms with E-state index in [1.807, 2.05) is 36.4 Å². The third-order valence-corrected chi connectivity index (χ3v) is 6.26. The third-order valence-electron chi connectivity index (χ3n) is 6.02. The number of halogens is 1. The fourth-order valence-electron chi connectivity index (χ4n) is 4.51. The van der Waals surface area contributed by atoms with Gasteiger partial charge in [-0.3, -0.25) is 9.69 Å². The number of benzene rings is 2. The Balaban J connectivity index is 1.66. The summed E-state index contributed by atoms with van der Waals surface area (Å²) in [6.45, 7) is 5.12. The lowest BCUT2D eigenvalue weighted by atomic mass is 10.1. The summed E-state index contributed by atoms with van der Waals surface area (Å²) in [5.41, 5.74) is 3.60. The van der Waals surface area contributed by atoms with Gasteiger partial charge < -0.3 is 15.3 Å². The van der Waals surface area contributed by atoms with Gasteiger partial charge in [-0.05, 0) is 56.3 Å². The van der Waals surface area contributed by atoms with Crippen LogP contribution in [0.2, 0.25) is 5.02 Å². The highest BCUT2D eigenvalue weighted by Crippen LogP contribution is 2.32. The van der Waals surface area contributed by atoms with Gasteiger partial charge in [0.2, 0.25) is 0 Å². The zero-order valence-electron chi connectivity index (χ0n) is 16.8. The Hall–Kier alpha value is -2.83. The molecule has 1 fully saturated rings. The highest BCUT2D eigenvalue weighted by molar-refractivity contribution is 6.31. The van der Waals surface area contributed by atoms with Crippen LogP contribution in [-0.4, -0.2) is 45.5 Å². The molecule has 5 rings (SSSR count). The Kier molecular flexibility index (Phi) is 4.97. The number of fused-ring (bicyclic) bond motifs is 2. The van der Waals surface area contributed by atoms with E-state index in [0.29, 0.717) is 22.5 Å². The first-order valence-corrected chi connectivity index (χ1v) is 10.8. The van der Waals surface area contributed by atoms with Crippen LogP contribution in [0.4, 0.5) is 5.69 Å². The molecule has 3 heterocycles. The van der Waals surface area contributed by atoms with Gasteiger partial charge in [0.25, 0.3) is 5.56 Å². The van der Waals surface area contributed by atoms with Crippen molar-refractivity contribution in [3.8, 4) is 11.4 Å². The lowest BCUT2D eigenvalue weighted by Crippen LogP contribution is -2.35. The normalized spacial score (nSPS) is 17.2. The maximum atomic E-state index is 13.1. The number of rotatable bonds is 5. The maximum absolute atomic E-state index is 13.1. The minimum Gasteiger partial charge on any atom is -0.382 e. The summed E-state index contributed by atoms with van der Waals surface area (Å²) in [5.74, 6) is 0.556. The standard InChI is InChI=1S/C23H24ClN5O/c1-2-29-11-5-6-15(29)13-25-21-16-12-14(24)9-10-17(16)28-23(30)20(21)22-26-18-7-3-4-8-19(18)27-22/h3-4,7-10,12,15H,2,5-6,11,13H2,1H3,(H,26,27)(H2,25,28,30)/t15-/m0/s1. The van der Waals surface area contributed by atoms with Crippen LogP contribution in [0.25, 0.3) is 33.3 Å². The van der Waals surface area contributed by atoms with Gasteiger partial charge in [-0.25, -0.2) is 4.98 Å². The summed E-state index contributed by atoms with van der Waals surface area (Å²) in [6.07, 6.45) is 2.36. The van der Waals surface area contributed by atoms with Crippen molar-refractivity contribution in [1.82, 2.24) is 19.9 Å². The molecular formula is C23H24ClN5O. The lowest BCUT2D eigenvalue weighted by Gasteiger charge is -2.24. The van der Waals surface area contributed by atoms with Crippen LogP contribution in [0.15, 0.2) is 47.3 Å². The van der Waals surface area contributed by atoms with Crippen molar-refractivity contribution < 1.29 is 0 Å². The number of aromatic nitrogens is 3. The zero-order valence-corrected chi connectivity index (χ0v) is 17.6. The molecule has 6 nitrogen and oxygen atoms in total. The van der Waals surface area contributed by atoms with E-state index in [2.05, 4.69) is 32.1 Å². The van der Waals surface area contributed by atoms with Crippen LogP contribution >= 0.6 is 11.6 Å². The lowest BCUT2D eigenvalue weighted by molar-refractivity contribution is 0.277. The largest absolute Gasteiger partial charge is 0.382 e. The van der Waals surface area contributed by atoms with Gasteiger partial charge in [-0.15, -0.1) is 0 Å². The SMILES string of the molecule is CCN1CCC[C@H]1CNc1c(-c2nc3ccccc3[nH]2)c(=O)[nH]c2ccc(Cl)cc12. The van der Waals surface area contributed by atoms with Crippen molar-refractivity contribution in [3.63, 3.8) is 0 Å². The van der Waals surface area contributed by atoms with Crippen molar-refractivity contribution in [3.05, 3.63) is 57.8 Å². The molecule has 2 aromatic carbocycles. The van der Waals surface area contributed by atoms with E-state index in [1.165, 1.54) is 6.42 Å². The van der Waals surface area contributed by atoms with Crippen LogP contribution in [0, 0.1) is 0 Å². The van der Waals surface area contributed by atoms with E-state index in [9.17, 15) is 4.79 Å². The number of nitrogens with zero attached hydrogens (tertiary/aromatic N) is 2. The third kappa shape index (κ3) is 3.36. The summed E-state index contributed by atoms with van der Waals surface area (Å²) in [6, 6.07) is 13.8. The summed E-state index contributed by atoms with van der Waals surface area (Å²) in [5, 5.41) is 5.11. The van der Waals surface area contributed by atoms with Crippen molar-refractivity contribution in [1.29, 1.82) is 0 Å². The fourth-order valence-corrected chi connectivity index (χ4v) is 4.68. The number of aromatic amines is 2. The second-order valence-electron chi connectivity index (χ2n) is 7.80. The molecule has 0 unspecified atom stereocenters. The zero-order chi connectivity index (χ0) is 20.7. The van der Waals surface area contributed by atoms with Crippen LogP contribution in [0.1, 0.15) is 19.8 Å². The van der Waals surface area contributed by atoms with Crippen LogP contribution < -0.4 is 10.9 Å². The number of hydrogen-bond donors (Lipinski definition) is 3. The summed E-state index contributed by atoms with van der Waals surface area (Å²) >= 11 is 6.31. The second-order valence-corrected chi connectivity index (χ2v) is 8.24. The highest BCUT2D eigenvalue weighted by atomic mass is 35.5. The van der Waals surface area contributed by atoms with E-state index >= 15 is 0 Å². The first-order valence-electron chi connectivity index (χ1n) is 10.4. The van der Waals surface area contributed by atoms with Crippen molar-refractivity contribution in [2.45, 2.75) is 25.8 Å². The molecule has 30 heavy (non-hydrogen) atoms. The monoisotopic (exact) mass is 421 g/mol. The first kappa shape index (κ1) is 19.2. The average Bonchev–Trinajstić information content (AvgIpc) is 3.38. The molecule has 0 bridgehead atoms. The van der Waals surface area contributed by atoms with Crippen molar-refractivity contribution in [2.75, 3.05) is 25.0 Å². The Morgan fingerprint density at radius 1 is 1.20 bits per heavy atom. The summed E-state index contributed by atoms with van der Waals surface area (Å²) in [7, 11) is 0. The smallest absolute Gasteiger partial charge is 0.261 e. The molecule has 3 N–H and O–H groups in total. The number of anilines is 1. The molecule has 4 aromatic rings. The molecule has 1 atom stereocenters. The molecule has 0 amide bonds. The van der Waals surface area contributed by atoms with E-state index in [0.717, 1.165) is 53.7 Å². The molecule has 0 saturated carbocycles. The Labute approximate surface area is 179 Å². The predicted octanol–water partition coefficient (Wildman–Crippen LogP) is 4.62. The van der Waals surface area contributed by atoms with E-state index in [-0.39, 0.29) is 5.56 Å². The van der Waals surface area contributed by atoms with Crippen LogP contribution in [0.3, 0.4) is 0 Å². The Bertz CT molecular complexity index is 1240. The Morgan fingerprint density at radius 3 is 2.90 bits per heavy atom. The van der Waals surface area contributed by atoms with E-state index < -0.39 is 0 Å². The number of imidazole rings is 1. The first-order chi connectivity index (χ1) is 14.6. The van der Waals surface area contributed by atoms with Crippen molar-refractivity contribution >= 4 is 39.2 Å². The Morgan fingerprint density at radius 2 is 2.07 bits per heavy atom. The van der Waals surface area contributed by atoms with Gasteiger partial charge in [0, 0.05) is 23.0 Å². The minimum atomic E-state index is -0.176. The number of hydrogen-bond acceptors (Lipinski definition) is 4. The minimum absolute atomic E-state index is 0.176. The van der Waals surface area contributed by atoms with E-state index in [1.54, 1.807) is 6.07 Å². The molecule has 0 radical (unpaired) electrons. The van der Waals surface area contributed by atoms with Gasteiger partial charge in [0.05, 0.1) is 22.2 Å². The quantitative estimate of drug-likeness (QED) is 0.439. The molecule has 1 aliphatic heterocycles. The molecular weight excluding hydrogens is 398 g/mol. The summed E-state index contributed by atoms with van der Waals surface area (Å²) in [4.78, 5) is 26.6. The number of H-pyrrole nitrogens is 2. The van der Waals surface area contributed by atoms with Gasteiger partial charge >= 0.3 is 0 Å². The van der Waals surface area contributed by atoms with Crippen LogP contribution in [-0.2, 0) is 0 Å².